The first-order valence-electron chi connectivity index (χ1n) is 7.55. The molecule has 1 aliphatic rings. The Morgan fingerprint density at radius 3 is 2.91 bits per heavy atom. The number of aliphatic hydroxyl groups is 1. The van der Waals surface area contributed by atoms with Crippen LogP contribution in [-0.4, -0.2) is 57.4 Å². The molecule has 7 heteroatoms. The quantitative estimate of drug-likeness (QED) is 0.870. The van der Waals surface area contributed by atoms with Crippen molar-refractivity contribution in [1.29, 1.82) is 0 Å². The molecule has 0 aromatic carbocycles. The number of pyridine rings is 1. The Kier molecular flexibility index (Phi) is 4.29. The summed E-state index contributed by atoms with van der Waals surface area (Å²) in [5.41, 5.74) is 2.39. The Balaban J connectivity index is 1.66. The molecule has 0 unspecified atom stereocenters. The number of carbonyl (C=O) groups is 1. The van der Waals surface area contributed by atoms with Gasteiger partial charge >= 0.3 is 0 Å². The molecular weight excluding hydrogens is 296 g/mol. The maximum Gasteiger partial charge on any atom is 0.255 e. The number of nitrogens with zero attached hydrogens (tertiary/aromatic N) is 3. The number of aromatic nitrogens is 3. The first kappa shape index (κ1) is 15.5. The second kappa shape index (κ2) is 6.37. The van der Waals surface area contributed by atoms with Crippen molar-refractivity contribution in [2.45, 2.75) is 19.4 Å². The van der Waals surface area contributed by atoms with E-state index < -0.39 is 6.10 Å². The maximum absolute atomic E-state index is 12.5. The van der Waals surface area contributed by atoms with Crippen molar-refractivity contribution >= 4 is 5.91 Å². The van der Waals surface area contributed by atoms with Gasteiger partial charge in [0, 0.05) is 37.0 Å². The molecule has 23 heavy (non-hydrogen) atoms. The van der Waals surface area contributed by atoms with E-state index in [1.54, 1.807) is 17.0 Å². The van der Waals surface area contributed by atoms with E-state index in [4.69, 9.17) is 4.74 Å². The fraction of sp³-hybridized carbons (Fsp3) is 0.438. The zero-order chi connectivity index (χ0) is 16.4. The van der Waals surface area contributed by atoms with Crippen molar-refractivity contribution in [2.75, 3.05) is 20.2 Å². The molecule has 3 heterocycles. The third-order valence-corrected chi connectivity index (χ3v) is 4.12. The molecule has 0 saturated carbocycles. The Labute approximate surface area is 134 Å². The molecule has 0 bridgehead atoms. The van der Waals surface area contributed by atoms with Crippen LogP contribution < -0.4 is 4.74 Å². The van der Waals surface area contributed by atoms with Gasteiger partial charge in [0.1, 0.15) is 0 Å². The molecule has 3 rings (SSSR count). The fourth-order valence-electron chi connectivity index (χ4n) is 2.88. The van der Waals surface area contributed by atoms with Gasteiger partial charge in [0.05, 0.1) is 24.5 Å². The lowest BCUT2D eigenvalue weighted by Gasteiger charge is -2.15. The zero-order valence-electron chi connectivity index (χ0n) is 13.2. The number of hydrogen-bond donors (Lipinski definition) is 2. The predicted molar refractivity (Wildman–Crippen MR) is 83.2 cm³/mol. The van der Waals surface area contributed by atoms with Crippen molar-refractivity contribution in [3.8, 4) is 5.88 Å². The van der Waals surface area contributed by atoms with Crippen LogP contribution in [0, 0.1) is 12.8 Å². The largest absolute Gasteiger partial charge is 0.481 e. The van der Waals surface area contributed by atoms with Crippen molar-refractivity contribution in [3.05, 3.63) is 41.3 Å². The smallest absolute Gasteiger partial charge is 0.255 e. The maximum atomic E-state index is 12.5. The monoisotopic (exact) mass is 316 g/mol. The fourth-order valence-corrected chi connectivity index (χ4v) is 2.88. The number of amides is 1. The molecule has 1 aliphatic heterocycles. The summed E-state index contributed by atoms with van der Waals surface area (Å²) in [6.07, 6.45) is 1.61. The topological polar surface area (TPSA) is 91.3 Å². The van der Waals surface area contributed by atoms with Crippen molar-refractivity contribution in [3.63, 3.8) is 0 Å². The summed E-state index contributed by atoms with van der Waals surface area (Å²) < 4.78 is 4.99. The van der Waals surface area contributed by atoms with Gasteiger partial charge in [0.2, 0.25) is 5.88 Å². The average Bonchev–Trinajstić information content (AvgIpc) is 3.13. The van der Waals surface area contributed by atoms with Gasteiger partial charge in [-0.2, -0.15) is 5.10 Å². The van der Waals surface area contributed by atoms with E-state index in [1.807, 2.05) is 13.0 Å². The molecule has 0 spiro atoms. The van der Waals surface area contributed by atoms with Crippen LogP contribution >= 0.6 is 0 Å². The number of likely N-dealkylation sites (tertiary alicyclic amines) is 1. The lowest BCUT2D eigenvalue weighted by atomic mass is 10.0. The molecule has 1 saturated heterocycles. The second-order valence-electron chi connectivity index (χ2n) is 5.87. The molecule has 7 nitrogen and oxygen atoms in total. The number of hydrogen-bond acceptors (Lipinski definition) is 5. The molecule has 2 N–H and O–H groups in total. The number of aryl methyl sites for hydroxylation is 1. The number of H-pyrrole nitrogens is 1. The Morgan fingerprint density at radius 1 is 1.48 bits per heavy atom. The minimum Gasteiger partial charge on any atom is -0.481 e. The standard InChI is InChI=1S/C16H20N4O3/c1-10-5-13(19-18-10)6-12-8-20(9-14(12)21)16(22)11-3-4-15(23-2)17-7-11/h3-5,7,12,14,21H,6,8-9H2,1-2H3,(H,18,19)/t12-,14+/m1/s1. The number of aliphatic hydroxyl groups excluding tert-OH is 1. The van der Waals surface area contributed by atoms with Crippen LogP contribution in [0.15, 0.2) is 24.4 Å². The first-order valence-corrected chi connectivity index (χ1v) is 7.55. The summed E-state index contributed by atoms with van der Waals surface area (Å²) in [4.78, 5) is 18.2. The normalized spacial score (nSPS) is 20.7. The van der Waals surface area contributed by atoms with Crippen LogP contribution in [0.4, 0.5) is 0 Å². The molecule has 2 aromatic rings. The molecule has 0 aliphatic carbocycles. The third-order valence-electron chi connectivity index (χ3n) is 4.12. The summed E-state index contributed by atoms with van der Waals surface area (Å²) >= 11 is 0. The van der Waals surface area contributed by atoms with Crippen LogP contribution in [0.25, 0.3) is 0 Å². The van der Waals surface area contributed by atoms with E-state index in [0.717, 1.165) is 11.4 Å². The third kappa shape index (κ3) is 3.34. The van der Waals surface area contributed by atoms with Gasteiger partial charge < -0.3 is 14.7 Å². The summed E-state index contributed by atoms with van der Waals surface area (Å²) in [6, 6.07) is 5.30. The SMILES string of the molecule is COc1ccc(C(=O)N2C[C@@H](Cc3cc(C)[nH]n3)[C@@H](O)C2)cn1. The summed E-state index contributed by atoms with van der Waals surface area (Å²) in [7, 11) is 1.53. The molecule has 122 valence electrons. The summed E-state index contributed by atoms with van der Waals surface area (Å²) in [5, 5.41) is 17.3. The van der Waals surface area contributed by atoms with Gasteiger partial charge in [0.15, 0.2) is 0 Å². The number of β-amino-alcohol motifs (C(OH)–C–C–N with tert-alkyl or cyclic N) is 1. The van der Waals surface area contributed by atoms with E-state index in [1.165, 1.54) is 13.3 Å². The Bertz CT molecular complexity index is 683. The highest BCUT2D eigenvalue weighted by Crippen LogP contribution is 2.23. The van der Waals surface area contributed by atoms with Gasteiger partial charge in [-0.25, -0.2) is 4.98 Å². The summed E-state index contributed by atoms with van der Waals surface area (Å²) in [5.74, 6) is 0.336. The summed E-state index contributed by atoms with van der Waals surface area (Å²) in [6.45, 7) is 2.78. The predicted octanol–water partition coefficient (Wildman–Crippen LogP) is 0.797. The van der Waals surface area contributed by atoms with E-state index in [2.05, 4.69) is 15.2 Å². The molecule has 0 radical (unpaired) electrons. The van der Waals surface area contributed by atoms with Gasteiger partial charge in [-0.1, -0.05) is 0 Å². The first-order chi connectivity index (χ1) is 11.1. The van der Waals surface area contributed by atoms with Crippen molar-refractivity contribution < 1.29 is 14.6 Å². The highest BCUT2D eigenvalue weighted by atomic mass is 16.5. The number of nitrogens with one attached hydrogen (secondary N) is 1. The molecule has 1 amide bonds. The minimum atomic E-state index is -0.540. The number of ether oxygens (including phenoxy) is 1. The van der Waals surface area contributed by atoms with Crippen LogP contribution in [0.3, 0.4) is 0 Å². The van der Waals surface area contributed by atoms with E-state index in [-0.39, 0.29) is 11.8 Å². The minimum absolute atomic E-state index is 0.00661. The average molecular weight is 316 g/mol. The lowest BCUT2D eigenvalue weighted by Crippen LogP contribution is -2.29. The van der Waals surface area contributed by atoms with Crippen LogP contribution in [0.5, 0.6) is 5.88 Å². The van der Waals surface area contributed by atoms with Crippen molar-refractivity contribution in [2.24, 2.45) is 5.92 Å². The Hall–Kier alpha value is -2.41. The molecule has 1 fully saturated rings. The molecule has 2 atom stereocenters. The highest BCUT2D eigenvalue weighted by Gasteiger charge is 2.34. The number of methoxy groups -OCH3 is 1. The van der Waals surface area contributed by atoms with Gasteiger partial charge in [-0.15, -0.1) is 0 Å². The zero-order valence-corrected chi connectivity index (χ0v) is 13.2. The van der Waals surface area contributed by atoms with Crippen LogP contribution in [-0.2, 0) is 6.42 Å². The van der Waals surface area contributed by atoms with Gasteiger partial charge in [-0.3, -0.25) is 9.89 Å². The Morgan fingerprint density at radius 2 is 2.30 bits per heavy atom. The van der Waals surface area contributed by atoms with Gasteiger partial charge in [0.25, 0.3) is 5.91 Å². The molecule has 2 aromatic heterocycles. The van der Waals surface area contributed by atoms with Crippen LogP contribution in [0.2, 0.25) is 0 Å². The lowest BCUT2D eigenvalue weighted by molar-refractivity contribution is 0.0764. The van der Waals surface area contributed by atoms with E-state index in [0.29, 0.717) is 31.0 Å². The molecular formula is C16H20N4O3. The van der Waals surface area contributed by atoms with E-state index in [9.17, 15) is 9.90 Å². The van der Waals surface area contributed by atoms with E-state index >= 15 is 0 Å². The number of rotatable bonds is 4. The number of carbonyl (C=O) groups excluding carboxylic acids is 1. The van der Waals surface area contributed by atoms with Crippen LogP contribution in [0.1, 0.15) is 21.7 Å². The highest BCUT2D eigenvalue weighted by molar-refractivity contribution is 5.94. The van der Waals surface area contributed by atoms with Crippen molar-refractivity contribution in [1.82, 2.24) is 20.1 Å². The van der Waals surface area contributed by atoms with Gasteiger partial charge in [-0.05, 0) is 25.5 Å². The number of aromatic amines is 1. The second-order valence-corrected chi connectivity index (χ2v) is 5.87.